The van der Waals surface area contributed by atoms with Crippen molar-refractivity contribution in [3.05, 3.63) is 58.7 Å². The minimum absolute atomic E-state index is 0.104. The second-order valence-corrected chi connectivity index (χ2v) is 7.72. The average Bonchev–Trinajstić information content (AvgIpc) is 2.68. The number of amides is 1. The Morgan fingerprint density at radius 1 is 1.30 bits per heavy atom. The Kier molecular flexibility index (Phi) is 5.40. The van der Waals surface area contributed by atoms with Gasteiger partial charge in [0.2, 0.25) is 5.91 Å². The SMILES string of the molecule is Cc1cccc([C@@H](N)C(=O)N2CC(Oc3ccc4c(c3C(=O)O)OB(O)CC4)C2)c1. The molecule has 4 N–H and O–H groups in total. The van der Waals surface area contributed by atoms with Gasteiger partial charge in [-0.15, -0.1) is 0 Å². The topological polar surface area (TPSA) is 122 Å². The van der Waals surface area contributed by atoms with Crippen molar-refractivity contribution in [1.29, 1.82) is 0 Å². The van der Waals surface area contributed by atoms with Crippen LogP contribution in [-0.2, 0) is 11.2 Å². The second-order valence-electron chi connectivity index (χ2n) is 7.72. The van der Waals surface area contributed by atoms with E-state index in [0.717, 1.165) is 16.7 Å². The largest absolute Gasteiger partial charge is 0.535 e. The van der Waals surface area contributed by atoms with Crippen molar-refractivity contribution in [2.45, 2.75) is 31.8 Å². The van der Waals surface area contributed by atoms with Crippen LogP contribution < -0.4 is 15.1 Å². The van der Waals surface area contributed by atoms with Crippen LogP contribution in [0.5, 0.6) is 11.5 Å². The molecule has 0 spiro atoms. The summed E-state index contributed by atoms with van der Waals surface area (Å²) in [6.07, 6.45) is 0.593. The summed E-state index contributed by atoms with van der Waals surface area (Å²) < 4.78 is 11.2. The van der Waals surface area contributed by atoms with Gasteiger partial charge in [-0.1, -0.05) is 35.9 Å². The number of carbonyl (C=O) groups excluding carboxylic acids is 1. The number of likely N-dealkylation sites (tertiary alicyclic amines) is 1. The lowest BCUT2D eigenvalue weighted by atomic mass is 9.78. The molecule has 0 aromatic heterocycles. The molecular formula is C21H23BN2O6. The lowest BCUT2D eigenvalue weighted by Crippen LogP contribution is -2.58. The number of aromatic carboxylic acids is 1. The molecular weight excluding hydrogens is 387 g/mol. The Bertz CT molecular complexity index is 991. The van der Waals surface area contributed by atoms with Gasteiger partial charge in [0.1, 0.15) is 29.2 Å². The summed E-state index contributed by atoms with van der Waals surface area (Å²) in [4.78, 5) is 26.0. The standard InChI is InChI=1S/C21H23BN2O6/c1-12-3-2-4-14(9-12)18(23)20(25)24-10-15(11-24)29-16-6-5-13-7-8-22(28)30-19(13)17(16)21(26)27/h2-6,9,15,18,28H,7-8,10-11,23H2,1H3,(H,26,27)/t18-/m1/s1. The van der Waals surface area contributed by atoms with Crippen LogP contribution in [-0.4, -0.2) is 53.2 Å². The van der Waals surface area contributed by atoms with Gasteiger partial charge >= 0.3 is 13.1 Å². The van der Waals surface area contributed by atoms with Crippen molar-refractivity contribution >= 4 is 19.0 Å². The molecule has 2 aromatic rings. The molecule has 9 heteroatoms. The van der Waals surface area contributed by atoms with Gasteiger partial charge in [-0.2, -0.15) is 0 Å². The normalized spacial score (nSPS) is 16.9. The third kappa shape index (κ3) is 3.86. The lowest BCUT2D eigenvalue weighted by molar-refractivity contribution is -0.141. The molecule has 2 aromatic carbocycles. The number of fused-ring (bicyclic) bond motifs is 1. The number of rotatable bonds is 5. The van der Waals surface area contributed by atoms with Gasteiger partial charge in [-0.3, -0.25) is 4.79 Å². The molecule has 0 aliphatic carbocycles. The van der Waals surface area contributed by atoms with Gasteiger partial charge < -0.3 is 30.2 Å². The number of nitrogens with two attached hydrogens (primary N) is 1. The first-order valence-electron chi connectivity index (χ1n) is 9.85. The molecule has 30 heavy (non-hydrogen) atoms. The van der Waals surface area contributed by atoms with E-state index in [1.165, 1.54) is 0 Å². The first kappa shape index (κ1) is 20.2. The highest BCUT2D eigenvalue weighted by molar-refractivity contribution is 6.44. The zero-order valence-electron chi connectivity index (χ0n) is 16.6. The molecule has 1 atom stereocenters. The van der Waals surface area contributed by atoms with E-state index in [-0.39, 0.29) is 29.1 Å². The van der Waals surface area contributed by atoms with Gasteiger partial charge in [0.15, 0.2) is 0 Å². The minimum atomic E-state index is -1.19. The number of carbonyl (C=O) groups is 2. The second kappa shape index (κ2) is 8.00. The van der Waals surface area contributed by atoms with E-state index in [4.69, 9.17) is 15.1 Å². The van der Waals surface area contributed by atoms with Gasteiger partial charge in [0, 0.05) is 0 Å². The summed E-state index contributed by atoms with van der Waals surface area (Å²) in [5.74, 6) is -1.08. The van der Waals surface area contributed by atoms with E-state index in [1.54, 1.807) is 17.0 Å². The maximum absolute atomic E-state index is 12.6. The number of nitrogens with zero attached hydrogens (tertiary/aromatic N) is 1. The van der Waals surface area contributed by atoms with Crippen molar-refractivity contribution in [1.82, 2.24) is 4.90 Å². The Morgan fingerprint density at radius 3 is 2.77 bits per heavy atom. The van der Waals surface area contributed by atoms with Gasteiger partial charge in [-0.25, -0.2) is 4.79 Å². The van der Waals surface area contributed by atoms with Crippen LogP contribution in [0.3, 0.4) is 0 Å². The zero-order valence-corrected chi connectivity index (χ0v) is 16.6. The monoisotopic (exact) mass is 410 g/mol. The number of carboxylic acid groups (broad SMARTS) is 1. The van der Waals surface area contributed by atoms with Gasteiger partial charge in [0.25, 0.3) is 0 Å². The van der Waals surface area contributed by atoms with Crippen LogP contribution >= 0.6 is 0 Å². The fourth-order valence-corrected chi connectivity index (χ4v) is 3.79. The predicted molar refractivity (Wildman–Crippen MR) is 110 cm³/mol. The maximum Gasteiger partial charge on any atom is 0.522 e. The molecule has 1 saturated heterocycles. The third-order valence-electron chi connectivity index (χ3n) is 5.45. The fourth-order valence-electron chi connectivity index (χ4n) is 3.79. The van der Waals surface area contributed by atoms with Gasteiger partial charge in [0.05, 0.1) is 13.1 Å². The smallest absolute Gasteiger partial charge is 0.522 e. The molecule has 0 saturated carbocycles. The van der Waals surface area contributed by atoms with Crippen LogP contribution in [0.4, 0.5) is 0 Å². The average molecular weight is 410 g/mol. The summed E-state index contributed by atoms with van der Waals surface area (Å²) in [5, 5.41) is 19.4. The molecule has 2 aliphatic rings. The van der Waals surface area contributed by atoms with Crippen LogP contribution in [0.1, 0.15) is 33.1 Å². The number of benzene rings is 2. The van der Waals surface area contributed by atoms with Gasteiger partial charge in [-0.05, 0) is 36.9 Å². The molecule has 1 fully saturated rings. The first-order valence-corrected chi connectivity index (χ1v) is 9.85. The number of ether oxygens (including phenoxy) is 1. The number of carboxylic acids is 1. The van der Waals surface area contributed by atoms with E-state index in [9.17, 15) is 19.7 Å². The summed E-state index contributed by atoms with van der Waals surface area (Å²) in [5.41, 5.74) is 8.52. The van der Waals surface area contributed by atoms with Crippen molar-refractivity contribution in [2.75, 3.05) is 13.1 Å². The third-order valence-corrected chi connectivity index (χ3v) is 5.45. The van der Waals surface area contributed by atoms with E-state index in [2.05, 4.69) is 0 Å². The van der Waals surface area contributed by atoms with E-state index < -0.39 is 19.1 Å². The van der Waals surface area contributed by atoms with E-state index in [1.807, 2.05) is 31.2 Å². The van der Waals surface area contributed by atoms with Crippen molar-refractivity contribution < 1.29 is 29.1 Å². The summed E-state index contributed by atoms with van der Waals surface area (Å²) >= 11 is 0. The fraction of sp³-hybridized carbons (Fsp3) is 0.333. The molecule has 0 bridgehead atoms. The molecule has 8 nitrogen and oxygen atoms in total. The first-order chi connectivity index (χ1) is 14.3. The van der Waals surface area contributed by atoms with E-state index >= 15 is 0 Å². The Labute approximate surface area is 174 Å². The number of aryl methyl sites for hydroxylation is 2. The summed E-state index contributed by atoms with van der Waals surface area (Å²) in [6.45, 7) is 2.57. The van der Waals surface area contributed by atoms with Crippen molar-refractivity contribution in [3.63, 3.8) is 0 Å². The molecule has 0 unspecified atom stereocenters. The highest BCUT2D eigenvalue weighted by Crippen LogP contribution is 2.37. The van der Waals surface area contributed by atoms with Crippen LogP contribution in [0.25, 0.3) is 0 Å². The quantitative estimate of drug-likeness (QED) is 0.637. The Balaban J connectivity index is 1.43. The van der Waals surface area contributed by atoms with Crippen LogP contribution in [0, 0.1) is 6.92 Å². The molecule has 2 aliphatic heterocycles. The van der Waals surface area contributed by atoms with Crippen LogP contribution in [0.2, 0.25) is 6.32 Å². The van der Waals surface area contributed by atoms with E-state index in [0.29, 0.717) is 25.8 Å². The molecule has 2 heterocycles. The maximum atomic E-state index is 12.6. The Hall–Kier alpha value is -3.04. The zero-order chi connectivity index (χ0) is 21.4. The predicted octanol–water partition coefficient (Wildman–Crippen LogP) is 1.40. The highest BCUT2D eigenvalue weighted by atomic mass is 16.5. The number of hydrogen-bond donors (Lipinski definition) is 3. The summed E-state index contributed by atoms with van der Waals surface area (Å²) in [6, 6.07) is 10.1. The number of hydrogen-bond acceptors (Lipinski definition) is 6. The highest BCUT2D eigenvalue weighted by Gasteiger charge is 2.37. The van der Waals surface area contributed by atoms with Crippen molar-refractivity contribution in [2.24, 2.45) is 5.73 Å². The summed E-state index contributed by atoms with van der Waals surface area (Å²) in [7, 11) is -1.04. The van der Waals surface area contributed by atoms with Crippen LogP contribution in [0.15, 0.2) is 36.4 Å². The molecule has 156 valence electrons. The molecule has 4 rings (SSSR count). The lowest BCUT2D eigenvalue weighted by Gasteiger charge is -2.40. The Morgan fingerprint density at radius 2 is 2.07 bits per heavy atom. The van der Waals surface area contributed by atoms with Crippen molar-refractivity contribution in [3.8, 4) is 11.5 Å². The molecule has 1 amide bonds. The molecule has 0 radical (unpaired) electrons. The minimum Gasteiger partial charge on any atom is -0.535 e.